The van der Waals surface area contributed by atoms with Crippen molar-refractivity contribution >= 4 is 27.4 Å². The zero-order valence-electron chi connectivity index (χ0n) is 15.6. The van der Waals surface area contributed by atoms with E-state index >= 15 is 0 Å². The summed E-state index contributed by atoms with van der Waals surface area (Å²) in [6.07, 6.45) is 1.72. The van der Waals surface area contributed by atoms with Crippen molar-refractivity contribution in [3.05, 3.63) is 35.2 Å². The zero-order valence-corrected chi connectivity index (χ0v) is 17.1. The van der Waals surface area contributed by atoms with Crippen LogP contribution in [0, 0.1) is 0 Å². The summed E-state index contributed by atoms with van der Waals surface area (Å²) in [6, 6.07) is 7.14. The van der Waals surface area contributed by atoms with E-state index < -0.39 is 9.84 Å². The normalized spacial score (nSPS) is 13.4. The molecule has 0 saturated heterocycles. The maximum atomic E-state index is 11.3. The molecule has 0 fully saturated rings. The lowest BCUT2D eigenvalue weighted by atomic mass is 10.2. The molecule has 0 aliphatic carbocycles. The third-order valence-electron chi connectivity index (χ3n) is 3.57. The molecule has 0 radical (unpaired) electrons. The Labute approximate surface area is 164 Å². The zero-order chi connectivity index (χ0) is 19.9. The third-order valence-corrected chi connectivity index (χ3v) is 4.78. The second kappa shape index (κ2) is 9.70. The van der Waals surface area contributed by atoms with E-state index in [9.17, 15) is 8.42 Å². The van der Waals surface area contributed by atoms with Crippen LogP contribution in [0.3, 0.4) is 0 Å². The lowest BCUT2D eigenvalue weighted by Crippen LogP contribution is -2.42. The Morgan fingerprint density at radius 2 is 2.19 bits per heavy atom. The molecule has 1 aromatic heterocycles. The van der Waals surface area contributed by atoms with Crippen molar-refractivity contribution in [3.8, 4) is 11.4 Å². The number of halogens is 1. The van der Waals surface area contributed by atoms with Crippen molar-refractivity contribution in [3.63, 3.8) is 0 Å². The molecule has 1 heterocycles. The van der Waals surface area contributed by atoms with Gasteiger partial charge >= 0.3 is 0 Å². The number of aromatic nitrogens is 2. The number of sulfone groups is 1. The predicted molar refractivity (Wildman–Crippen MR) is 106 cm³/mol. The van der Waals surface area contributed by atoms with Crippen LogP contribution in [-0.4, -0.2) is 49.1 Å². The Hall–Kier alpha value is -2.13. The molecule has 1 unspecified atom stereocenters. The summed E-state index contributed by atoms with van der Waals surface area (Å²) in [4.78, 5) is 8.74. The van der Waals surface area contributed by atoms with Gasteiger partial charge in [-0.2, -0.15) is 4.98 Å². The molecule has 2 aromatic rings. The van der Waals surface area contributed by atoms with Crippen molar-refractivity contribution in [1.82, 2.24) is 20.8 Å². The molecule has 0 aliphatic rings. The van der Waals surface area contributed by atoms with Gasteiger partial charge in [-0.15, -0.1) is 0 Å². The smallest absolute Gasteiger partial charge is 0.248 e. The molecule has 0 aliphatic heterocycles. The molecule has 0 spiro atoms. The van der Waals surface area contributed by atoms with Crippen LogP contribution in [0.2, 0.25) is 5.02 Å². The van der Waals surface area contributed by atoms with Crippen LogP contribution in [0.25, 0.3) is 11.4 Å². The molecule has 0 amide bonds. The Kier molecular flexibility index (Phi) is 7.61. The number of aliphatic imine (C=N–C) groups is 1. The summed E-state index contributed by atoms with van der Waals surface area (Å²) in [5.74, 6) is 1.49. The number of hydrogen-bond donors (Lipinski definition) is 2. The molecule has 10 heteroatoms. The molecule has 2 N–H and O–H groups in total. The van der Waals surface area contributed by atoms with Gasteiger partial charge in [0.15, 0.2) is 5.96 Å². The van der Waals surface area contributed by atoms with Crippen molar-refractivity contribution in [2.24, 2.45) is 4.99 Å². The Balaban J connectivity index is 2.00. The lowest BCUT2D eigenvalue weighted by Gasteiger charge is -2.17. The molecular weight excluding hydrogens is 390 g/mol. The van der Waals surface area contributed by atoms with Crippen LogP contribution in [0.1, 0.15) is 26.2 Å². The summed E-state index contributed by atoms with van der Waals surface area (Å²) in [7, 11) is -2.99. The molecule has 1 atom stereocenters. The number of nitrogens with zero attached hydrogens (tertiary/aromatic N) is 3. The van der Waals surface area contributed by atoms with Gasteiger partial charge in [0.1, 0.15) is 16.4 Å². The van der Waals surface area contributed by atoms with Crippen LogP contribution >= 0.6 is 11.6 Å². The Morgan fingerprint density at radius 1 is 1.41 bits per heavy atom. The number of hydrogen-bond acceptors (Lipinski definition) is 6. The van der Waals surface area contributed by atoms with Gasteiger partial charge in [0.05, 0.1) is 5.75 Å². The summed E-state index contributed by atoms with van der Waals surface area (Å²) in [5.41, 5.74) is 0.765. The first-order chi connectivity index (χ1) is 12.8. The number of nitrogens with one attached hydrogen (secondary N) is 2. The van der Waals surface area contributed by atoms with E-state index in [0.29, 0.717) is 35.7 Å². The van der Waals surface area contributed by atoms with E-state index in [1.807, 2.05) is 26.0 Å². The monoisotopic (exact) mass is 413 g/mol. The second-order valence-electron chi connectivity index (χ2n) is 6.18. The first kappa shape index (κ1) is 21.2. The van der Waals surface area contributed by atoms with Crippen LogP contribution in [0.4, 0.5) is 0 Å². The minimum Gasteiger partial charge on any atom is -0.357 e. The fourth-order valence-corrected chi connectivity index (χ4v) is 3.20. The van der Waals surface area contributed by atoms with E-state index in [1.165, 1.54) is 6.26 Å². The highest BCUT2D eigenvalue weighted by Gasteiger charge is 2.11. The summed E-state index contributed by atoms with van der Waals surface area (Å²) in [5, 5.41) is 10.8. The van der Waals surface area contributed by atoms with Crippen molar-refractivity contribution in [2.45, 2.75) is 32.9 Å². The molecule has 2 rings (SSSR count). The van der Waals surface area contributed by atoms with E-state index in [2.05, 4.69) is 25.8 Å². The van der Waals surface area contributed by atoms with Gasteiger partial charge in [0, 0.05) is 29.4 Å². The van der Waals surface area contributed by atoms with Crippen LogP contribution in [0.15, 0.2) is 33.8 Å². The molecular formula is C17H24ClN5O3S. The minimum atomic E-state index is -2.99. The van der Waals surface area contributed by atoms with Gasteiger partial charge in [-0.3, -0.25) is 0 Å². The Bertz CT molecular complexity index is 882. The second-order valence-corrected chi connectivity index (χ2v) is 8.88. The fraction of sp³-hybridized carbons (Fsp3) is 0.471. The average Bonchev–Trinajstić information content (AvgIpc) is 3.07. The third kappa shape index (κ3) is 7.56. The molecule has 1 aromatic carbocycles. The molecule has 8 nitrogen and oxygen atoms in total. The lowest BCUT2D eigenvalue weighted by molar-refractivity contribution is 0.380. The maximum Gasteiger partial charge on any atom is 0.248 e. The van der Waals surface area contributed by atoms with Gasteiger partial charge in [0.2, 0.25) is 11.7 Å². The highest BCUT2D eigenvalue weighted by molar-refractivity contribution is 7.90. The SMILES string of the molecule is CCNC(=NCc1nc(-c2cccc(Cl)c2)no1)NC(C)CCS(C)(=O)=O. The van der Waals surface area contributed by atoms with Crippen molar-refractivity contribution in [1.29, 1.82) is 0 Å². The first-order valence-corrected chi connectivity index (χ1v) is 11.0. The van der Waals surface area contributed by atoms with Gasteiger partial charge in [-0.05, 0) is 32.4 Å². The average molecular weight is 414 g/mol. The van der Waals surface area contributed by atoms with Gasteiger partial charge < -0.3 is 15.2 Å². The van der Waals surface area contributed by atoms with E-state index in [-0.39, 0.29) is 18.3 Å². The van der Waals surface area contributed by atoms with Gasteiger partial charge in [-0.25, -0.2) is 13.4 Å². The van der Waals surface area contributed by atoms with E-state index in [1.54, 1.807) is 12.1 Å². The van der Waals surface area contributed by atoms with E-state index in [0.717, 1.165) is 5.56 Å². The minimum absolute atomic E-state index is 0.0535. The summed E-state index contributed by atoms with van der Waals surface area (Å²) >= 11 is 5.98. The van der Waals surface area contributed by atoms with Crippen LogP contribution < -0.4 is 10.6 Å². The molecule has 0 saturated carbocycles. The molecule has 27 heavy (non-hydrogen) atoms. The van der Waals surface area contributed by atoms with Crippen molar-refractivity contribution < 1.29 is 12.9 Å². The van der Waals surface area contributed by atoms with Crippen molar-refractivity contribution in [2.75, 3.05) is 18.6 Å². The summed E-state index contributed by atoms with van der Waals surface area (Å²) in [6.45, 7) is 4.72. The number of benzene rings is 1. The van der Waals surface area contributed by atoms with Gasteiger partial charge in [0.25, 0.3) is 0 Å². The number of rotatable bonds is 8. The predicted octanol–water partition coefficient (Wildman–Crippen LogP) is 2.27. The van der Waals surface area contributed by atoms with E-state index in [4.69, 9.17) is 16.1 Å². The molecule has 0 bridgehead atoms. The quantitative estimate of drug-likeness (QED) is 0.504. The number of guanidine groups is 1. The maximum absolute atomic E-state index is 11.3. The van der Waals surface area contributed by atoms with Crippen LogP contribution in [-0.2, 0) is 16.4 Å². The first-order valence-electron chi connectivity index (χ1n) is 8.58. The fourth-order valence-electron chi connectivity index (χ4n) is 2.23. The summed E-state index contributed by atoms with van der Waals surface area (Å²) < 4.78 is 27.8. The standard InChI is InChI=1S/C17H24ClN5O3S/c1-4-19-17(21-12(2)8-9-27(3,24)25)20-11-15-22-16(23-26-15)13-6-5-7-14(18)10-13/h5-7,10,12H,4,8-9,11H2,1-3H3,(H2,19,20,21). The molecule has 148 valence electrons. The Morgan fingerprint density at radius 3 is 2.85 bits per heavy atom. The highest BCUT2D eigenvalue weighted by atomic mass is 35.5. The largest absolute Gasteiger partial charge is 0.357 e. The highest BCUT2D eigenvalue weighted by Crippen LogP contribution is 2.20. The topological polar surface area (TPSA) is 109 Å². The van der Waals surface area contributed by atoms with Crippen LogP contribution in [0.5, 0.6) is 0 Å². The van der Waals surface area contributed by atoms with Gasteiger partial charge in [-0.1, -0.05) is 28.9 Å².